The molecular weight excluding hydrogens is 329 g/mol. The number of nitrogens with zero attached hydrogens (tertiary/aromatic N) is 4. The molecule has 3 rings (SSSR count). The Bertz CT molecular complexity index is 1270. The van der Waals surface area contributed by atoms with Crippen LogP contribution in [0, 0.1) is 62.8 Å². The Morgan fingerprint density at radius 3 is 1.76 bits per heavy atom. The van der Waals surface area contributed by atoms with E-state index in [0.717, 1.165) is 6.07 Å². The standard InChI is InChI=1S/C18H3F3N4/c19-14-3-8-1-2-9-10(4-22)11(5-23)12(6-24)13(7-25)16(9)15(8)18(21)17(14)20/h1-3H. The van der Waals surface area contributed by atoms with Crippen LogP contribution in [0.3, 0.4) is 0 Å². The molecule has 0 saturated carbocycles. The van der Waals surface area contributed by atoms with Gasteiger partial charge < -0.3 is 0 Å². The summed E-state index contributed by atoms with van der Waals surface area (Å²) < 4.78 is 41.6. The predicted molar refractivity (Wildman–Crippen MR) is 80.2 cm³/mol. The van der Waals surface area contributed by atoms with E-state index in [9.17, 15) is 34.2 Å². The van der Waals surface area contributed by atoms with E-state index in [2.05, 4.69) is 0 Å². The molecule has 25 heavy (non-hydrogen) atoms. The van der Waals surface area contributed by atoms with Crippen LogP contribution in [0.15, 0.2) is 18.2 Å². The molecule has 0 N–H and O–H groups in total. The number of rotatable bonds is 0. The number of fused-ring (bicyclic) bond motifs is 3. The van der Waals surface area contributed by atoms with E-state index in [1.807, 2.05) is 0 Å². The van der Waals surface area contributed by atoms with Crippen LogP contribution in [0.2, 0.25) is 0 Å². The average Bonchev–Trinajstić information content (AvgIpc) is 2.63. The van der Waals surface area contributed by atoms with Crippen molar-refractivity contribution in [3.05, 3.63) is 57.9 Å². The van der Waals surface area contributed by atoms with Gasteiger partial charge in [-0.15, -0.1) is 0 Å². The maximum atomic E-state index is 14.4. The molecule has 0 aromatic heterocycles. The molecule has 0 spiro atoms. The summed E-state index contributed by atoms with van der Waals surface area (Å²) in [6, 6.07) is 10.1. The second-order valence-corrected chi connectivity index (χ2v) is 5.02. The fraction of sp³-hybridized carbons (Fsp3) is 0. The molecule has 116 valence electrons. The van der Waals surface area contributed by atoms with Gasteiger partial charge in [-0.05, 0) is 11.5 Å². The zero-order chi connectivity index (χ0) is 18.3. The predicted octanol–water partition coefficient (Wildman–Crippen LogP) is 3.90. The summed E-state index contributed by atoms with van der Waals surface area (Å²) in [5.74, 6) is -4.67. The Hall–Kier alpha value is -4.07. The lowest BCUT2D eigenvalue weighted by molar-refractivity contribution is 0.454. The van der Waals surface area contributed by atoms with Crippen LogP contribution in [0.4, 0.5) is 13.2 Å². The second kappa shape index (κ2) is 5.53. The molecule has 0 bridgehead atoms. The third-order valence-electron chi connectivity index (χ3n) is 3.86. The minimum Gasteiger partial charge on any atom is -0.204 e. The highest BCUT2D eigenvalue weighted by Crippen LogP contribution is 2.37. The van der Waals surface area contributed by atoms with Crippen molar-refractivity contribution >= 4 is 21.5 Å². The molecule has 0 radical (unpaired) electrons. The van der Waals surface area contributed by atoms with Gasteiger partial charge in [0.05, 0.1) is 22.3 Å². The molecule has 0 aliphatic heterocycles. The lowest BCUT2D eigenvalue weighted by atomic mass is 9.88. The minimum absolute atomic E-state index is 0.00649. The minimum atomic E-state index is -1.73. The molecule has 0 unspecified atom stereocenters. The number of hydrogen-bond donors (Lipinski definition) is 0. The van der Waals surface area contributed by atoms with Crippen molar-refractivity contribution in [1.82, 2.24) is 0 Å². The highest BCUT2D eigenvalue weighted by molar-refractivity contribution is 6.13. The van der Waals surface area contributed by atoms with Gasteiger partial charge in [0.15, 0.2) is 17.5 Å². The molecule has 0 amide bonds. The molecule has 0 aliphatic carbocycles. The fourth-order valence-electron chi connectivity index (χ4n) is 2.82. The molecule has 0 heterocycles. The molecule has 4 nitrogen and oxygen atoms in total. The molecule has 0 aliphatic rings. The van der Waals surface area contributed by atoms with Crippen LogP contribution in [0.25, 0.3) is 21.5 Å². The summed E-state index contributed by atoms with van der Waals surface area (Å²) in [5, 5.41) is 36.6. The molecule has 0 atom stereocenters. The molecular formula is C18H3F3N4. The van der Waals surface area contributed by atoms with Crippen molar-refractivity contribution in [2.24, 2.45) is 0 Å². The van der Waals surface area contributed by atoms with E-state index < -0.39 is 28.4 Å². The van der Waals surface area contributed by atoms with E-state index in [1.54, 1.807) is 24.3 Å². The molecule has 7 heteroatoms. The van der Waals surface area contributed by atoms with Gasteiger partial charge in [-0.2, -0.15) is 21.0 Å². The van der Waals surface area contributed by atoms with Gasteiger partial charge in [0.25, 0.3) is 0 Å². The zero-order valence-electron chi connectivity index (χ0n) is 12.2. The Kier molecular flexibility index (Phi) is 3.50. The van der Waals surface area contributed by atoms with Crippen LogP contribution in [0.5, 0.6) is 0 Å². The van der Waals surface area contributed by atoms with Gasteiger partial charge in [-0.1, -0.05) is 12.1 Å². The molecule has 0 fully saturated rings. The summed E-state index contributed by atoms with van der Waals surface area (Å²) in [7, 11) is 0. The molecule has 0 saturated heterocycles. The van der Waals surface area contributed by atoms with Crippen LogP contribution >= 0.6 is 0 Å². The first-order valence-corrected chi connectivity index (χ1v) is 6.70. The lowest BCUT2D eigenvalue weighted by Gasteiger charge is -2.12. The van der Waals surface area contributed by atoms with E-state index in [1.165, 1.54) is 12.1 Å². The van der Waals surface area contributed by atoms with Crippen molar-refractivity contribution in [2.75, 3.05) is 0 Å². The quantitative estimate of drug-likeness (QED) is 0.461. The van der Waals surface area contributed by atoms with Crippen LogP contribution in [0.1, 0.15) is 22.3 Å². The van der Waals surface area contributed by atoms with E-state index in [0.29, 0.717) is 0 Å². The van der Waals surface area contributed by atoms with Crippen molar-refractivity contribution in [2.45, 2.75) is 0 Å². The molecule has 3 aromatic carbocycles. The van der Waals surface area contributed by atoms with Gasteiger partial charge >= 0.3 is 0 Å². The fourth-order valence-corrected chi connectivity index (χ4v) is 2.82. The smallest absolute Gasteiger partial charge is 0.195 e. The first-order chi connectivity index (χ1) is 12.0. The second-order valence-electron chi connectivity index (χ2n) is 5.02. The average molecular weight is 332 g/mol. The molecule has 3 aromatic rings. The topological polar surface area (TPSA) is 95.2 Å². The Morgan fingerprint density at radius 1 is 0.640 bits per heavy atom. The van der Waals surface area contributed by atoms with Crippen LogP contribution in [-0.2, 0) is 0 Å². The van der Waals surface area contributed by atoms with Gasteiger partial charge in [0, 0.05) is 16.2 Å². The Balaban J connectivity index is 2.82. The monoisotopic (exact) mass is 332 g/mol. The third-order valence-corrected chi connectivity index (χ3v) is 3.86. The number of benzene rings is 3. The first-order valence-electron chi connectivity index (χ1n) is 6.70. The highest BCUT2D eigenvalue weighted by Gasteiger charge is 2.24. The van der Waals surface area contributed by atoms with E-state index >= 15 is 0 Å². The van der Waals surface area contributed by atoms with Crippen LogP contribution < -0.4 is 0 Å². The first kappa shape index (κ1) is 15.8. The van der Waals surface area contributed by atoms with Crippen molar-refractivity contribution in [3.8, 4) is 24.3 Å². The van der Waals surface area contributed by atoms with Crippen molar-refractivity contribution in [3.63, 3.8) is 0 Å². The van der Waals surface area contributed by atoms with Gasteiger partial charge in [0.1, 0.15) is 24.3 Å². The Labute approximate surface area is 138 Å². The maximum absolute atomic E-state index is 14.4. The van der Waals surface area contributed by atoms with Gasteiger partial charge in [-0.25, -0.2) is 13.2 Å². The summed E-state index contributed by atoms with van der Waals surface area (Å²) in [4.78, 5) is 0. The number of hydrogen-bond acceptors (Lipinski definition) is 4. The highest BCUT2D eigenvalue weighted by atomic mass is 19.2. The number of halogens is 3. The largest absolute Gasteiger partial charge is 0.204 e. The SMILES string of the molecule is N#Cc1c(C#N)c(C#N)c2c(ccc3cc(F)c(F)c(F)c32)c1C#N. The van der Waals surface area contributed by atoms with Gasteiger partial charge in [-0.3, -0.25) is 0 Å². The summed E-state index contributed by atoms with van der Waals surface area (Å²) in [6.45, 7) is 0. The summed E-state index contributed by atoms with van der Waals surface area (Å²) in [5.41, 5.74) is -1.34. The normalized spacial score (nSPS) is 10.0. The lowest BCUT2D eigenvalue weighted by Crippen LogP contribution is -2.00. The van der Waals surface area contributed by atoms with E-state index in [4.69, 9.17) is 0 Å². The van der Waals surface area contributed by atoms with Crippen molar-refractivity contribution < 1.29 is 13.2 Å². The summed E-state index contributed by atoms with van der Waals surface area (Å²) in [6.07, 6.45) is 0. The van der Waals surface area contributed by atoms with Crippen molar-refractivity contribution in [1.29, 1.82) is 21.0 Å². The summed E-state index contributed by atoms with van der Waals surface area (Å²) >= 11 is 0. The zero-order valence-corrected chi connectivity index (χ0v) is 12.2. The number of nitriles is 4. The maximum Gasteiger partial charge on any atom is 0.195 e. The third kappa shape index (κ3) is 1.98. The Morgan fingerprint density at radius 2 is 1.20 bits per heavy atom. The van der Waals surface area contributed by atoms with Gasteiger partial charge in [0.2, 0.25) is 0 Å². The van der Waals surface area contributed by atoms with E-state index in [-0.39, 0.29) is 32.8 Å². The van der Waals surface area contributed by atoms with Crippen LogP contribution in [-0.4, -0.2) is 0 Å².